The van der Waals surface area contributed by atoms with Gasteiger partial charge in [0.2, 0.25) is 0 Å². The van der Waals surface area contributed by atoms with E-state index in [9.17, 15) is 0 Å². The van der Waals surface area contributed by atoms with Gasteiger partial charge in [-0.3, -0.25) is 0 Å². The van der Waals surface area contributed by atoms with Gasteiger partial charge in [-0.1, -0.05) is 35.6 Å². The van der Waals surface area contributed by atoms with Crippen molar-refractivity contribution in [1.29, 1.82) is 5.26 Å². The van der Waals surface area contributed by atoms with E-state index in [0.717, 1.165) is 5.56 Å². The Morgan fingerprint density at radius 1 is 1.21 bits per heavy atom. The first-order chi connectivity index (χ1) is 9.11. The second-order valence-corrected chi connectivity index (χ2v) is 4.57. The summed E-state index contributed by atoms with van der Waals surface area (Å²) in [6, 6.07) is 9.60. The third-order valence-corrected chi connectivity index (χ3v) is 3.18. The summed E-state index contributed by atoms with van der Waals surface area (Å²) in [7, 11) is 0. The monoisotopic (exact) mass is 266 g/mol. The summed E-state index contributed by atoms with van der Waals surface area (Å²) in [6.45, 7) is 4.10. The lowest BCUT2D eigenvalue weighted by Crippen LogP contribution is -1.88. The molecular weight excluding hydrogens is 256 g/mol. The summed E-state index contributed by atoms with van der Waals surface area (Å²) in [5.74, 6) is 6.12. The normalized spacial score (nSPS) is 9.37. The molecule has 0 bridgehead atoms. The highest BCUT2D eigenvalue weighted by atomic mass is 35.5. The Morgan fingerprint density at radius 3 is 2.68 bits per heavy atom. The van der Waals surface area contributed by atoms with Crippen LogP contribution in [0.25, 0.3) is 0 Å². The molecule has 1 aromatic carbocycles. The van der Waals surface area contributed by atoms with Crippen molar-refractivity contribution in [2.24, 2.45) is 0 Å². The van der Waals surface area contributed by atoms with Gasteiger partial charge >= 0.3 is 0 Å². The Morgan fingerprint density at radius 2 is 2.00 bits per heavy atom. The van der Waals surface area contributed by atoms with Gasteiger partial charge in [0.05, 0.1) is 5.02 Å². The molecule has 0 aliphatic carbocycles. The van der Waals surface area contributed by atoms with Crippen LogP contribution in [-0.2, 0) is 0 Å². The number of aromatic nitrogens is 1. The average Bonchev–Trinajstić information content (AvgIpc) is 2.40. The standard InChI is InChI=1S/C16H11ClN2/c1-11-4-3-5-14(12(11)2)7-6-13-8-15(17)16(9-18)19-10-13/h3-5,8,10H,1-2H3. The number of nitrogens with zero attached hydrogens (tertiary/aromatic N) is 2. The van der Waals surface area contributed by atoms with Crippen LogP contribution in [0.15, 0.2) is 30.5 Å². The van der Waals surface area contributed by atoms with Crippen LogP contribution < -0.4 is 0 Å². The summed E-state index contributed by atoms with van der Waals surface area (Å²) < 4.78 is 0. The van der Waals surface area contributed by atoms with E-state index in [2.05, 4.69) is 29.8 Å². The predicted octanol–water partition coefficient (Wildman–Crippen LogP) is 3.62. The Labute approximate surface area is 117 Å². The van der Waals surface area contributed by atoms with E-state index in [4.69, 9.17) is 16.9 Å². The molecular formula is C16H11ClN2. The van der Waals surface area contributed by atoms with Gasteiger partial charge in [-0.2, -0.15) is 5.26 Å². The van der Waals surface area contributed by atoms with E-state index >= 15 is 0 Å². The number of nitriles is 1. The van der Waals surface area contributed by atoms with Crippen molar-refractivity contribution in [3.63, 3.8) is 0 Å². The van der Waals surface area contributed by atoms with Crippen LogP contribution in [0.4, 0.5) is 0 Å². The van der Waals surface area contributed by atoms with Crippen LogP contribution in [0, 0.1) is 37.0 Å². The molecule has 0 spiro atoms. The SMILES string of the molecule is Cc1cccc(C#Cc2cnc(C#N)c(Cl)c2)c1C. The summed E-state index contributed by atoms with van der Waals surface area (Å²) in [5, 5.41) is 9.08. The molecule has 1 aromatic heterocycles. The molecule has 0 atom stereocenters. The lowest BCUT2D eigenvalue weighted by Gasteiger charge is -2.01. The topological polar surface area (TPSA) is 36.7 Å². The van der Waals surface area contributed by atoms with Crippen molar-refractivity contribution in [2.45, 2.75) is 13.8 Å². The van der Waals surface area contributed by atoms with Gasteiger partial charge in [-0.25, -0.2) is 4.98 Å². The highest BCUT2D eigenvalue weighted by Crippen LogP contribution is 2.14. The second-order valence-electron chi connectivity index (χ2n) is 4.16. The minimum atomic E-state index is 0.221. The van der Waals surface area contributed by atoms with E-state index < -0.39 is 0 Å². The number of benzene rings is 1. The fourth-order valence-corrected chi connectivity index (χ4v) is 1.82. The molecule has 0 unspecified atom stereocenters. The van der Waals surface area contributed by atoms with E-state index in [1.807, 2.05) is 25.1 Å². The predicted molar refractivity (Wildman–Crippen MR) is 75.9 cm³/mol. The van der Waals surface area contributed by atoms with Gasteiger partial charge in [0.25, 0.3) is 0 Å². The zero-order valence-corrected chi connectivity index (χ0v) is 11.4. The van der Waals surface area contributed by atoms with E-state index in [0.29, 0.717) is 10.6 Å². The summed E-state index contributed by atoms with van der Waals surface area (Å²) >= 11 is 5.91. The molecule has 2 aromatic rings. The number of rotatable bonds is 0. The minimum Gasteiger partial charge on any atom is -0.243 e. The van der Waals surface area contributed by atoms with Gasteiger partial charge in [-0.05, 0) is 37.1 Å². The lowest BCUT2D eigenvalue weighted by atomic mass is 10.0. The molecule has 19 heavy (non-hydrogen) atoms. The summed E-state index contributed by atoms with van der Waals surface area (Å²) in [4.78, 5) is 3.95. The summed E-state index contributed by atoms with van der Waals surface area (Å²) in [6.07, 6.45) is 1.56. The van der Waals surface area contributed by atoms with E-state index in [1.165, 1.54) is 11.1 Å². The molecule has 2 rings (SSSR count). The minimum absolute atomic E-state index is 0.221. The first kappa shape index (κ1) is 13.1. The zero-order chi connectivity index (χ0) is 13.8. The number of hydrogen-bond acceptors (Lipinski definition) is 2. The fourth-order valence-electron chi connectivity index (χ4n) is 1.61. The molecule has 2 nitrogen and oxygen atoms in total. The third kappa shape index (κ3) is 2.94. The Kier molecular flexibility index (Phi) is 3.85. The van der Waals surface area contributed by atoms with Gasteiger partial charge in [0.1, 0.15) is 6.07 Å². The van der Waals surface area contributed by atoms with Crippen molar-refractivity contribution in [3.8, 4) is 17.9 Å². The zero-order valence-electron chi connectivity index (χ0n) is 10.7. The smallest absolute Gasteiger partial charge is 0.159 e. The van der Waals surface area contributed by atoms with Gasteiger partial charge in [-0.15, -0.1) is 0 Å². The molecule has 0 saturated heterocycles. The summed E-state index contributed by atoms with van der Waals surface area (Å²) in [5.41, 5.74) is 4.29. The molecule has 0 aliphatic heterocycles. The molecule has 1 heterocycles. The van der Waals surface area contributed by atoms with Gasteiger partial charge < -0.3 is 0 Å². The Hall–Kier alpha value is -2.29. The largest absolute Gasteiger partial charge is 0.243 e. The third-order valence-electron chi connectivity index (χ3n) is 2.89. The number of halogens is 1. The van der Waals surface area contributed by atoms with Crippen LogP contribution in [-0.4, -0.2) is 4.98 Å². The fraction of sp³-hybridized carbons (Fsp3) is 0.125. The van der Waals surface area contributed by atoms with Crippen LogP contribution in [0.5, 0.6) is 0 Å². The van der Waals surface area contributed by atoms with E-state index in [-0.39, 0.29) is 5.69 Å². The number of hydrogen-bond donors (Lipinski definition) is 0. The van der Waals surface area contributed by atoms with E-state index in [1.54, 1.807) is 12.3 Å². The Balaban J connectivity index is 2.37. The molecule has 0 saturated carbocycles. The van der Waals surface area contributed by atoms with Crippen LogP contribution in [0.3, 0.4) is 0 Å². The van der Waals surface area contributed by atoms with Gasteiger partial charge in [0.15, 0.2) is 5.69 Å². The maximum Gasteiger partial charge on any atom is 0.159 e. The molecule has 0 radical (unpaired) electrons. The molecule has 92 valence electrons. The number of aryl methyl sites for hydroxylation is 1. The second kappa shape index (κ2) is 5.57. The van der Waals surface area contributed by atoms with Crippen LogP contribution in [0.2, 0.25) is 5.02 Å². The van der Waals surface area contributed by atoms with Crippen molar-refractivity contribution >= 4 is 11.6 Å². The van der Waals surface area contributed by atoms with Crippen molar-refractivity contribution in [1.82, 2.24) is 4.98 Å². The molecule has 0 amide bonds. The first-order valence-electron chi connectivity index (χ1n) is 5.75. The molecule has 0 N–H and O–H groups in total. The average molecular weight is 267 g/mol. The highest BCUT2D eigenvalue weighted by Gasteiger charge is 2.01. The Bertz CT molecular complexity index is 731. The molecule has 0 aliphatic rings. The molecule has 0 fully saturated rings. The quantitative estimate of drug-likeness (QED) is 0.683. The highest BCUT2D eigenvalue weighted by molar-refractivity contribution is 6.31. The van der Waals surface area contributed by atoms with Crippen molar-refractivity contribution in [3.05, 3.63) is 63.4 Å². The first-order valence-corrected chi connectivity index (χ1v) is 6.13. The van der Waals surface area contributed by atoms with Crippen molar-refractivity contribution in [2.75, 3.05) is 0 Å². The van der Waals surface area contributed by atoms with Crippen molar-refractivity contribution < 1.29 is 0 Å². The number of pyridine rings is 1. The van der Waals surface area contributed by atoms with Gasteiger partial charge in [0, 0.05) is 17.3 Å². The molecule has 3 heteroatoms. The lowest BCUT2D eigenvalue weighted by molar-refractivity contribution is 1.25. The maximum atomic E-state index is 8.75. The maximum absolute atomic E-state index is 8.75. The van der Waals surface area contributed by atoms with Crippen LogP contribution >= 0.6 is 11.6 Å². The van der Waals surface area contributed by atoms with Crippen LogP contribution in [0.1, 0.15) is 27.9 Å².